The monoisotopic (exact) mass is 249 g/mol. The van der Waals surface area contributed by atoms with Crippen LogP contribution in [0.15, 0.2) is 17.8 Å². The van der Waals surface area contributed by atoms with Gasteiger partial charge in [0.15, 0.2) is 10.7 Å². The van der Waals surface area contributed by atoms with E-state index >= 15 is 0 Å². The van der Waals surface area contributed by atoms with Crippen molar-refractivity contribution in [2.24, 2.45) is 0 Å². The molecule has 0 bridgehead atoms. The van der Waals surface area contributed by atoms with Crippen molar-refractivity contribution in [3.63, 3.8) is 0 Å². The Hall–Kier alpha value is -1.20. The molecule has 1 aliphatic rings. The molecule has 5 heteroatoms. The van der Waals surface area contributed by atoms with Gasteiger partial charge in [0.25, 0.3) is 0 Å². The zero-order chi connectivity index (χ0) is 11.7. The fourth-order valence-electron chi connectivity index (χ4n) is 2.29. The highest BCUT2D eigenvalue weighted by Gasteiger charge is 2.21. The number of rotatable bonds is 3. The summed E-state index contributed by atoms with van der Waals surface area (Å²) in [5, 5.41) is 5.28. The number of nitrogens with one attached hydrogen (secondary N) is 1. The van der Waals surface area contributed by atoms with Crippen molar-refractivity contribution in [1.82, 2.24) is 14.7 Å². The molecule has 2 aromatic heterocycles. The summed E-state index contributed by atoms with van der Waals surface area (Å²) in [6, 6.07) is 0.0449. The van der Waals surface area contributed by atoms with Gasteiger partial charge in [-0.25, -0.2) is 4.98 Å². The number of hydrogen-bond acceptors (Lipinski definition) is 4. The van der Waals surface area contributed by atoms with Gasteiger partial charge in [0.2, 0.25) is 0 Å². The van der Waals surface area contributed by atoms with Gasteiger partial charge < -0.3 is 5.32 Å². The number of piperidine rings is 1. The fourth-order valence-corrected chi connectivity index (χ4v) is 3.01. The molecule has 0 aromatic carbocycles. The maximum Gasteiger partial charge on any atom is 0.193 e. The van der Waals surface area contributed by atoms with Gasteiger partial charge in [-0.2, -0.15) is 0 Å². The molecular weight excluding hydrogens is 234 g/mol. The molecule has 0 radical (unpaired) electrons. The minimum Gasteiger partial charge on any atom is -0.307 e. The van der Waals surface area contributed by atoms with Crippen LogP contribution in [0.1, 0.15) is 25.0 Å². The first-order valence-corrected chi connectivity index (χ1v) is 6.88. The molecule has 3 rings (SSSR count). The van der Waals surface area contributed by atoms with E-state index in [1.165, 1.54) is 6.42 Å². The average molecular weight is 249 g/mol. The lowest BCUT2D eigenvalue weighted by atomic mass is 9.99. The van der Waals surface area contributed by atoms with Crippen molar-refractivity contribution in [3.05, 3.63) is 23.5 Å². The molecule has 1 aliphatic heterocycles. The minimum atomic E-state index is 0.0449. The third-order valence-electron chi connectivity index (χ3n) is 3.20. The molecule has 0 saturated carbocycles. The number of ketones is 1. The predicted molar refractivity (Wildman–Crippen MR) is 67.4 cm³/mol. The molecule has 0 aliphatic carbocycles. The summed E-state index contributed by atoms with van der Waals surface area (Å²) >= 11 is 1.60. The van der Waals surface area contributed by atoms with Gasteiger partial charge >= 0.3 is 0 Å². The van der Waals surface area contributed by atoms with Gasteiger partial charge in [-0.05, 0) is 19.4 Å². The number of thiazole rings is 1. The normalized spacial score (nSPS) is 20.8. The van der Waals surface area contributed by atoms with E-state index in [2.05, 4.69) is 10.3 Å². The molecule has 1 fully saturated rings. The molecule has 1 saturated heterocycles. The van der Waals surface area contributed by atoms with Crippen LogP contribution in [0.5, 0.6) is 0 Å². The van der Waals surface area contributed by atoms with E-state index in [-0.39, 0.29) is 11.8 Å². The highest BCUT2D eigenvalue weighted by atomic mass is 32.1. The number of nitrogens with zero attached hydrogens (tertiary/aromatic N) is 2. The van der Waals surface area contributed by atoms with Crippen LogP contribution in [0.25, 0.3) is 4.96 Å². The fraction of sp³-hybridized carbons (Fsp3) is 0.500. The second-order valence-electron chi connectivity index (χ2n) is 4.47. The number of carbonyl (C=O) groups is 1. The first-order valence-electron chi connectivity index (χ1n) is 6.00. The van der Waals surface area contributed by atoms with Crippen LogP contribution in [0, 0.1) is 0 Å². The Morgan fingerprint density at radius 2 is 2.53 bits per heavy atom. The van der Waals surface area contributed by atoms with E-state index in [4.69, 9.17) is 0 Å². The lowest BCUT2D eigenvalue weighted by molar-refractivity contribution is -0.121. The summed E-state index contributed by atoms with van der Waals surface area (Å²) in [5.41, 5.74) is 0.884. The van der Waals surface area contributed by atoms with Gasteiger partial charge in [-0.15, -0.1) is 11.3 Å². The molecule has 4 nitrogen and oxygen atoms in total. The molecule has 17 heavy (non-hydrogen) atoms. The summed E-state index contributed by atoms with van der Waals surface area (Å²) in [5.74, 6) is 0.274. The summed E-state index contributed by atoms with van der Waals surface area (Å²) < 4.78 is 1.97. The maximum absolute atomic E-state index is 12.1. The number of carbonyl (C=O) groups excluding carboxylic acids is 1. The summed E-state index contributed by atoms with van der Waals surface area (Å²) in [6.07, 6.45) is 7.69. The highest BCUT2D eigenvalue weighted by Crippen LogP contribution is 2.14. The average Bonchev–Trinajstić information content (AvgIpc) is 2.90. The van der Waals surface area contributed by atoms with E-state index in [9.17, 15) is 4.79 Å². The van der Waals surface area contributed by atoms with Crippen LogP contribution in [-0.4, -0.2) is 27.8 Å². The Morgan fingerprint density at radius 1 is 1.59 bits per heavy atom. The van der Waals surface area contributed by atoms with Crippen molar-refractivity contribution in [2.45, 2.75) is 31.7 Å². The van der Waals surface area contributed by atoms with Gasteiger partial charge in [0.1, 0.15) is 0 Å². The molecule has 2 aromatic rings. The number of aromatic nitrogens is 2. The zero-order valence-electron chi connectivity index (χ0n) is 9.56. The van der Waals surface area contributed by atoms with E-state index in [0.29, 0.717) is 6.42 Å². The lowest BCUT2D eigenvalue weighted by Crippen LogP contribution is -2.41. The molecule has 3 heterocycles. The number of imidazole rings is 1. The predicted octanol–water partition coefficient (Wildman–Crippen LogP) is 1.65. The number of Topliss-reactive ketones (excluding diaryl/α,β-unsaturated/α-hetero) is 1. The van der Waals surface area contributed by atoms with Crippen LogP contribution in [0.2, 0.25) is 0 Å². The van der Waals surface area contributed by atoms with Gasteiger partial charge in [-0.1, -0.05) is 6.42 Å². The van der Waals surface area contributed by atoms with E-state index in [1.54, 1.807) is 11.3 Å². The lowest BCUT2D eigenvalue weighted by Gasteiger charge is -2.21. The first kappa shape index (κ1) is 10.9. The van der Waals surface area contributed by atoms with Crippen molar-refractivity contribution in [1.29, 1.82) is 0 Å². The van der Waals surface area contributed by atoms with Gasteiger partial charge in [-0.3, -0.25) is 9.20 Å². The van der Waals surface area contributed by atoms with Crippen molar-refractivity contribution in [3.8, 4) is 0 Å². The first-order chi connectivity index (χ1) is 8.33. The van der Waals surface area contributed by atoms with E-state index < -0.39 is 0 Å². The van der Waals surface area contributed by atoms with Crippen molar-refractivity contribution >= 4 is 22.1 Å². The maximum atomic E-state index is 12.1. The van der Waals surface area contributed by atoms with Crippen LogP contribution in [-0.2, 0) is 11.2 Å². The van der Waals surface area contributed by atoms with Crippen LogP contribution in [0.3, 0.4) is 0 Å². The van der Waals surface area contributed by atoms with Crippen LogP contribution in [0.4, 0.5) is 0 Å². The second-order valence-corrected chi connectivity index (χ2v) is 5.34. The molecule has 1 atom stereocenters. The van der Waals surface area contributed by atoms with Gasteiger partial charge in [0, 0.05) is 17.8 Å². The third-order valence-corrected chi connectivity index (χ3v) is 3.97. The second kappa shape index (κ2) is 4.58. The van der Waals surface area contributed by atoms with E-state index in [0.717, 1.165) is 30.0 Å². The van der Waals surface area contributed by atoms with Crippen LogP contribution >= 0.6 is 11.3 Å². The number of fused-ring (bicyclic) bond motifs is 1. The molecule has 0 spiro atoms. The highest BCUT2D eigenvalue weighted by molar-refractivity contribution is 7.15. The molecule has 1 N–H and O–H groups in total. The Bertz CT molecular complexity index is 496. The van der Waals surface area contributed by atoms with Crippen molar-refractivity contribution in [2.75, 3.05) is 6.54 Å². The summed E-state index contributed by atoms with van der Waals surface area (Å²) in [4.78, 5) is 17.5. The summed E-state index contributed by atoms with van der Waals surface area (Å²) in [7, 11) is 0. The Balaban J connectivity index is 1.69. The van der Waals surface area contributed by atoms with E-state index in [1.807, 2.05) is 22.2 Å². The zero-order valence-corrected chi connectivity index (χ0v) is 10.4. The topological polar surface area (TPSA) is 46.4 Å². The molecular formula is C12H15N3OS. The summed E-state index contributed by atoms with van der Waals surface area (Å²) in [6.45, 7) is 0.967. The smallest absolute Gasteiger partial charge is 0.193 e. The quantitative estimate of drug-likeness (QED) is 0.899. The standard InChI is InChI=1S/C12H15N3OS/c16-11(10-3-1-2-4-13-10)7-9-8-15-5-6-17-12(15)14-9/h5-6,8,10,13H,1-4,7H2. The largest absolute Gasteiger partial charge is 0.307 e. The number of hydrogen-bond donors (Lipinski definition) is 1. The van der Waals surface area contributed by atoms with Gasteiger partial charge in [0.05, 0.1) is 18.2 Å². The molecule has 90 valence electrons. The van der Waals surface area contributed by atoms with Crippen LogP contribution < -0.4 is 5.32 Å². The molecule has 1 unspecified atom stereocenters. The Morgan fingerprint density at radius 3 is 3.29 bits per heavy atom. The Labute approximate surface area is 104 Å². The van der Waals surface area contributed by atoms with Crippen molar-refractivity contribution < 1.29 is 4.79 Å². The minimum absolute atomic E-state index is 0.0449. The SMILES string of the molecule is O=C(Cc1cn2ccsc2n1)C1CCCCN1. The Kier molecular flexibility index (Phi) is 2.94. The molecule has 0 amide bonds. The third kappa shape index (κ3) is 2.25.